The number of fused-ring (bicyclic) bond motifs is 1. The minimum absolute atomic E-state index is 0. The Balaban J connectivity index is 0.00000225. The van der Waals surface area contributed by atoms with E-state index in [2.05, 4.69) is 29.1 Å². The molecule has 1 amide bonds. The third-order valence-corrected chi connectivity index (χ3v) is 6.15. The summed E-state index contributed by atoms with van der Waals surface area (Å²) in [5, 5.41) is 4.43. The first kappa shape index (κ1) is 21.0. The van der Waals surface area contributed by atoms with Gasteiger partial charge in [-0.15, -0.1) is 12.4 Å². The van der Waals surface area contributed by atoms with Crippen LogP contribution in [0.4, 0.5) is 0 Å². The summed E-state index contributed by atoms with van der Waals surface area (Å²) >= 11 is 0. The molecule has 0 radical (unpaired) electrons. The van der Waals surface area contributed by atoms with Crippen LogP contribution in [0.3, 0.4) is 0 Å². The van der Waals surface area contributed by atoms with E-state index in [1.54, 1.807) is 7.11 Å². The molecule has 28 heavy (non-hydrogen) atoms. The molecule has 1 saturated carbocycles. The first-order valence-corrected chi connectivity index (χ1v) is 10.4. The topological polar surface area (TPSA) is 46.5 Å². The van der Waals surface area contributed by atoms with Crippen molar-refractivity contribution in [1.29, 1.82) is 0 Å². The van der Waals surface area contributed by atoms with Gasteiger partial charge in [0.15, 0.2) is 0 Å². The fraction of sp³-hybridized carbons (Fsp3) is 0.591. The van der Waals surface area contributed by atoms with Crippen LogP contribution in [0.15, 0.2) is 24.4 Å². The van der Waals surface area contributed by atoms with Crippen LogP contribution in [0.5, 0.6) is 5.75 Å². The number of aromatic nitrogens is 1. The molecule has 1 aliphatic carbocycles. The summed E-state index contributed by atoms with van der Waals surface area (Å²) < 4.78 is 7.94. The fourth-order valence-electron chi connectivity index (χ4n) is 4.74. The zero-order chi connectivity index (χ0) is 18.8. The van der Waals surface area contributed by atoms with Gasteiger partial charge >= 0.3 is 0 Å². The zero-order valence-electron chi connectivity index (χ0n) is 16.9. The van der Waals surface area contributed by atoms with E-state index in [1.807, 2.05) is 17.0 Å². The van der Waals surface area contributed by atoms with Crippen molar-refractivity contribution in [2.24, 2.45) is 5.92 Å². The Morgan fingerprint density at radius 1 is 1.25 bits per heavy atom. The van der Waals surface area contributed by atoms with Crippen LogP contribution >= 0.6 is 12.4 Å². The van der Waals surface area contributed by atoms with Gasteiger partial charge in [0.2, 0.25) is 0 Å². The first-order valence-electron chi connectivity index (χ1n) is 10.4. The van der Waals surface area contributed by atoms with E-state index in [0.29, 0.717) is 12.0 Å². The van der Waals surface area contributed by atoms with Crippen molar-refractivity contribution in [2.45, 2.75) is 51.6 Å². The van der Waals surface area contributed by atoms with E-state index >= 15 is 0 Å². The average Bonchev–Trinajstić information content (AvgIpc) is 3.07. The Labute approximate surface area is 173 Å². The number of rotatable bonds is 4. The molecule has 1 N–H and O–H groups in total. The number of amides is 1. The molecular formula is C22H32ClN3O2. The van der Waals surface area contributed by atoms with Crippen LogP contribution in [0, 0.1) is 5.92 Å². The zero-order valence-corrected chi connectivity index (χ0v) is 17.8. The Hall–Kier alpha value is -1.72. The molecule has 2 aromatic rings. The largest absolute Gasteiger partial charge is 0.495 e. The number of nitrogens with one attached hydrogen (secondary N) is 1. The predicted octanol–water partition coefficient (Wildman–Crippen LogP) is 4.09. The van der Waals surface area contributed by atoms with Crippen LogP contribution in [0.25, 0.3) is 10.9 Å². The lowest BCUT2D eigenvalue weighted by molar-refractivity contribution is 0.0710. The van der Waals surface area contributed by atoms with Gasteiger partial charge < -0.3 is 19.5 Å². The van der Waals surface area contributed by atoms with Gasteiger partial charge in [-0.05, 0) is 31.7 Å². The highest BCUT2D eigenvalue weighted by Gasteiger charge is 2.26. The van der Waals surface area contributed by atoms with E-state index in [-0.39, 0.29) is 18.3 Å². The highest BCUT2D eigenvalue weighted by Crippen LogP contribution is 2.33. The lowest BCUT2D eigenvalue weighted by Gasteiger charge is -2.31. The van der Waals surface area contributed by atoms with Crippen molar-refractivity contribution in [3.63, 3.8) is 0 Å². The molecule has 0 spiro atoms. The normalized spacial score (nSPS) is 20.8. The lowest BCUT2D eigenvalue weighted by Crippen LogP contribution is -2.51. The predicted molar refractivity (Wildman–Crippen MR) is 116 cm³/mol. The van der Waals surface area contributed by atoms with E-state index in [4.69, 9.17) is 4.74 Å². The summed E-state index contributed by atoms with van der Waals surface area (Å²) in [6.07, 6.45) is 8.66. The number of carbonyl (C=O) groups is 1. The molecule has 2 aliphatic rings. The highest BCUT2D eigenvalue weighted by atomic mass is 35.5. The molecule has 0 unspecified atom stereocenters. The van der Waals surface area contributed by atoms with Crippen LogP contribution in [-0.2, 0) is 6.54 Å². The monoisotopic (exact) mass is 405 g/mol. The van der Waals surface area contributed by atoms with E-state index in [9.17, 15) is 4.79 Å². The maximum Gasteiger partial charge on any atom is 0.256 e. The highest BCUT2D eigenvalue weighted by molar-refractivity contribution is 6.08. The van der Waals surface area contributed by atoms with Crippen LogP contribution in [0.2, 0.25) is 0 Å². The molecule has 2 fully saturated rings. The van der Waals surface area contributed by atoms with Crippen molar-refractivity contribution in [1.82, 2.24) is 14.8 Å². The van der Waals surface area contributed by atoms with Crippen molar-refractivity contribution in [3.8, 4) is 5.75 Å². The molecule has 2 heterocycles. The third-order valence-electron chi connectivity index (χ3n) is 6.15. The van der Waals surface area contributed by atoms with Crippen LogP contribution in [-0.4, -0.2) is 48.2 Å². The molecule has 1 saturated heterocycles. The fourth-order valence-corrected chi connectivity index (χ4v) is 4.74. The number of hydrogen-bond acceptors (Lipinski definition) is 3. The second-order valence-electron chi connectivity index (χ2n) is 8.16. The minimum Gasteiger partial charge on any atom is -0.495 e. The van der Waals surface area contributed by atoms with Crippen molar-refractivity contribution < 1.29 is 9.53 Å². The number of ether oxygens (including phenoxy) is 1. The summed E-state index contributed by atoms with van der Waals surface area (Å²) in [4.78, 5) is 15.3. The van der Waals surface area contributed by atoms with E-state index in [0.717, 1.165) is 48.4 Å². The Morgan fingerprint density at radius 3 is 2.75 bits per heavy atom. The summed E-state index contributed by atoms with van der Waals surface area (Å²) in [6, 6.07) is 6.39. The Bertz CT molecular complexity index is 813. The molecule has 0 bridgehead atoms. The van der Waals surface area contributed by atoms with Crippen molar-refractivity contribution in [3.05, 3.63) is 30.0 Å². The molecule has 6 heteroatoms. The maximum atomic E-state index is 13.3. The van der Waals surface area contributed by atoms with Gasteiger partial charge in [-0.2, -0.15) is 0 Å². The average molecular weight is 406 g/mol. The summed E-state index contributed by atoms with van der Waals surface area (Å²) in [7, 11) is 1.71. The maximum absolute atomic E-state index is 13.3. The first-order chi connectivity index (χ1) is 13.2. The van der Waals surface area contributed by atoms with Gasteiger partial charge in [-0.1, -0.05) is 31.4 Å². The number of halogens is 1. The number of piperazine rings is 1. The second kappa shape index (κ2) is 9.19. The van der Waals surface area contributed by atoms with Gasteiger partial charge in [0, 0.05) is 43.8 Å². The number of hydrogen-bond donors (Lipinski definition) is 1. The Morgan fingerprint density at radius 2 is 2.04 bits per heavy atom. The smallest absolute Gasteiger partial charge is 0.256 e. The number of methoxy groups -OCH3 is 1. The molecule has 154 valence electrons. The molecule has 5 nitrogen and oxygen atoms in total. The molecule has 1 atom stereocenters. The summed E-state index contributed by atoms with van der Waals surface area (Å²) in [6.45, 7) is 5.49. The van der Waals surface area contributed by atoms with Gasteiger partial charge in [0.25, 0.3) is 5.91 Å². The molecule has 1 aliphatic heterocycles. The van der Waals surface area contributed by atoms with Crippen LogP contribution in [0.1, 0.15) is 49.4 Å². The number of nitrogens with zero attached hydrogens (tertiary/aromatic N) is 2. The van der Waals surface area contributed by atoms with Crippen LogP contribution < -0.4 is 10.1 Å². The quantitative estimate of drug-likeness (QED) is 0.833. The SMILES string of the molecule is COc1cccc2c(C(=O)N3CCN[C@@H](C)C3)cn(CC3CCCCC3)c12.Cl. The standard InChI is InChI=1S/C22H31N3O2.ClH/c1-16-13-24(12-11-23-16)22(26)19-15-25(14-17-7-4-3-5-8-17)21-18(19)9-6-10-20(21)27-2;/h6,9-10,15-17,23H,3-5,7-8,11-14H2,1-2H3;1H/t16-;/m0./s1. The van der Waals surface area contributed by atoms with E-state index < -0.39 is 0 Å². The summed E-state index contributed by atoms with van der Waals surface area (Å²) in [5.41, 5.74) is 1.88. The lowest BCUT2D eigenvalue weighted by atomic mass is 9.89. The molecule has 1 aromatic heterocycles. The molecular weight excluding hydrogens is 374 g/mol. The van der Waals surface area contributed by atoms with Gasteiger partial charge in [-0.25, -0.2) is 0 Å². The van der Waals surface area contributed by atoms with E-state index in [1.165, 1.54) is 32.1 Å². The molecule has 1 aromatic carbocycles. The van der Waals surface area contributed by atoms with Gasteiger partial charge in [-0.3, -0.25) is 4.79 Å². The van der Waals surface area contributed by atoms with Gasteiger partial charge in [0.05, 0.1) is 18.2 Å². The third kappa shape index (κ3) is 4.15. The number of carbonyl (C=O) groups excluding carboxylic acids is 1. The van der Waals surface area contributed by atoms with Crippen molar-refractivity contribution in [2.75, 3.05) is 26.7 Å². The Kier molecular flexibility index (Phi) is 6.89. The molecule has 4 rings (SSSR count). The minimum atomic E-state index is 0. The number of para-hydroxylation sites is 1. The van der Waals surface area contributed by atoms with Crippen molar-refractivity contribution >= 4 is 29.2 Å². The van der Waals surface area contributed by atoms with Gasteiger partial charge in [0.1, 0.15) is 5.75 Å². The second-order valence-corrected chi connectivity index (χ2v) is 8.16. The summed E-state index contributed by atoms with van der Waals surface area (Å²) in [5.74, 6) is 1.70. The number of benzene rings is 1.